The summed E-state index contributed by atoms with van der Waals surface area (Å²) in [5.74, 6) is 0. The molecule has 0 aromatic carbocycles. The van der Waals surface area contributed by atoms with Crippen LogP contribution in [0, 0.1) is 0 Å². The number of rotatable bonds is 4. The first-order valence-electron chi connectivity index (χ1n) is 3.21. The van der Waals surface area contributed by atoms with E-state index in [0.29, 0.717) is 12.8 Å². The zero-order chi connectivity index (χ0) is 7.11. The Hall–Kier alpha value is 0.764. The molecule has 0 aromatic heterocycles. The molecular weight excluding hydrogens is 205 g/mol. The van der Waals surface area contributed by atoms with Gasteiger partial charge < -0.3 is 10.2 Å². The Balaban J connectivity index is 0. The fourth-order valence-electron chi connectivity index (χ4n) is 0.701. The largest absolute Gasteiger partial charge is 0.396 e. The molecule has 0 heterocycles. The molecule has 0 bridgehead atoms. The molecule has 0 aliphatic carbocycles. The van der Waals surface area contributed by atoms with Crippen LogP contribution in [0.3, 0.4) is 0 Å². The molecule has 10 heavy (non-hydrogen) atoms. The molecule has 1 radical (unpaired) electrons. The summed E-state index contributed by atoms with van der Waals surface area (Å²) < 4.78 is 0. The van der Waals surface area contributed by atoms with Crippen LogP contribution in [0.25, 0.3) is 0 Å². The normalized spacial score (nSPS) is 8.30. The van der Waals surface area contributed by atoms with Crippen LogP contribution in [0.2, 0.25) is 0 Å². The van der Waals surface area contributed by atoms with Gasteiger partial charge in [-0.25, -0.2) is 0 Å². The van der Waals surface area contributed by atoms with E-state index in [2.05, 4.69) is 0 Å². The quantitative estimate of drug-likeness (QED) is 0.683. The molecule has 3 heteroatoms. The van der Waals surface area contributed by atoms with Crippen LogP contribution in [0.1, 0.15) is 19.8 Å². The molecule has 2 N–H and O–H groups in total. The second-order valence-corrected chi connectivity index (χ2v) is 1.89. The van der Waals surface area contributed by atoms with Gasteiger partial charge in [0.15, 0.2) is 0 Å². The fourth-order valence-corrected chi connectivity index (χ4v) is 0.701. The minimum Gasteiger partial charge on any atom is -0.396 e. The van der Waals surface area contributed by atoms with Gasteiger partial charge in [-0.3, -0.25) is 0 Å². The Morgan fingerprint density at radius 1 is 1.20 bits per heavy atom. The third-order valence-electron chi connectivity index (χ3n) is 1.27. The molecule has 0 aromatic rings. The SMILES string of the molecule is CC=C(CCO)CCO.[Y]. The fraction of sp³-hybridized carbons (Fsp3) is 0.714. The van der Waals surface area contributed by atoms with Gasteiger partial charge >= 0.3 is 0 Å². The first-order valence-corrected chi connectivity index (χ1v) is 3.21. The standard InChI is InChI=1S/C7H14O2.Y/c1-2-7(3-5-8)4-6-9;/h2,8-9H,3-6H2,1H3;. The van der Waals surface area contributed by atoms with E-state index in [1.54, 1.807) is 0 Å². The molecule has 0 atom stereocenters. The van der Waals surface area contributed by atoms with Gasteiger partial charge in [-0.15, -0.1) is 0 Å². The zero-order valence-corrected chi connectivity index (χ0v) is 9.22. The minimum absolute atomic E-state index is 0. The van der Waals surface area contributed by atoms with E-state index in [0.717, 1.165) is 5.57 Å². The smallest absolute Gasteiger partial charge is 0.0468 e. The number of allylic oxidation sites excluding steroid dienone is 1. The van der Waals surface area contributed by atoms with Crippen molar-refractivity contribution >= 4 is 0 Å². The van der Waals surface area contributed by atoms with Crippen LogP contribution in [-0.4, -0.2) is 23.4 Å². The van der Waals surface area contributed by atoms with Crippen molar-refractivity contribution in [2.45, 2.75) is 19.8 Å². The summed E-state index contributed by atoms with van der Waals surface area (Å²) in [5.41, 5.74) is 1.13. The molecule has 0 spiro atoms. The van der Waals surface area contributed by atoms with Gasteiger partial charge in [0.25, 0.3) is 0 Å². The Labute approximate surface area is 87.2 Å². The maximum absolute atomic E-state index is 8.47. The molecule has 0 fully saturated rings. The van der Waals surface area contributed by atoms with E-state index < -0.39 is 0 Å². The summed E-state index contributed by atoms with van der Waals surface area (Å²) in [6.45, 7) is 2.28. The van der Waals surface area contributed by atoms with Gasteiger partial charge in [0.05, 0.1) is 0 Å². The average molecular weight is 219 g/mol. The van der Waals surface area contributed by atoms with Gasteiger partial charge in [-0.2, -0.15) is 0 Å². The second kappa shape index (κ2) is 9.76. The summed E-state index contributed by atoms with van der Waals surface area (Å²) >= 11 is 0. The topological polar surface area (TPSA) is 40.5 Å². The molecule has 0 saturated heterocycles. The van der Waals surface area contributed by atoms with Crippen LogP contribution in [0.15, 0.2) is 11.6 Å². The van der Waals surface area contributed by atoms with Crippen molar-refractivity contribution < 1.29 is 42.9 Å². The molecule has 57 valence electrons. The van der Waals surface area contributed by atoms with Gasteiger partial charge in [0, 0.05) is 45.9 Å². The van der Waals surface area contributed by atoms with Crippen molar-refractivity contribution in [3.05, 3.63) is 11.6 Å². The van der Waals surface area contributed by atoms with Crippen molar-refractivity contribution in [2.24, 2.45) is 0 Å². The second-order valence-electron chi connectivity index (χ2n) is 1.89. The molecule has 0 aliphatic rings. The minimum atomic E-state index is 0. The first kappa shape index (κ1) is 13.4. The van der Waals surface area contributed by atoms with E-state index in [4.69, 9.17) is 10.2 Å². The van der Waals surface area contributed by atoms with Crippen LogP contribution in [-0.2, 0) is 32.7 Å². The Kier molecular flexibility index (Phi) is 13.0. The van der Waals surface area contributed by atoms with Crippen LogP contribution < -0.4 is 0 Å². The molecule has 0 unspecified atom stereocenters. The Morgan fingerprint density at radius 3 is 1.80 bits per heavy atom. The van der Waals surface area contributed by atoms with Gasteiger partial charge in [-0.1, -0.05) is 11.6 Å². The van der Waals surface area contributed by atoms with E-state index in [1.165, 1.54) is 0 Å². The van der Waals surface area contributed by atoms with Crippen LogP contribution in [0.5, 0.6) is 0 Å². The summed E-state index contributed by atoms with van der Waals surface area (Å²) in [5, 5.41) is 16.9. The number of aliphatic hydroxyl groups is 2. The molecule has 0 aliphatic heterocycles. The monoisotopic (exact) mass is 219 g/mol. The number of hydrogen-bond donors (Lipinski definition) is 2. The van der Waals surface area contributed by atoms with Crippen molar-refractivity contribution in [1.82, 2.24) is 0 Å². The predicted octanol–water partition coefficient (Wildman–Crippen LogP) is 0.695. The Bertz CT molecular complexity index is 83.6. The van der Waals surface area contributed by atoms with Crippen molar-refractivity contribution in [3.8, 4) is 0 Å². The third-order valence-corrected chi connectivity index (χ3v) is 1.27. The summed E-state index contributed by atoms with van der Waals surface area (Å²) in [6, 6.07) is 0. The zero-order valence-electron chi connectivity index (χ0n) is 6.38. The predicted molar refractivity (Wildman–Crippen MR) is 37.2 cm³/mol. The van der Waals surface area contributed by atoms with E-state index in [-0.39, 0.29) is 45.9 Å². The van der Waals surface area contributed by atoms with E-state index >= 15 is 0 Å². The van der Waals surface area contributed by atoms with E-state index in [9.17, 15) is 0 Å². The molecule has 2 nitrogen and oxygen atoms in total. The van der Waals surface area contributed by atoms with Gasteiger partial charge in [0.2, 0.25) is 0 Å². The first-order chi connectivity index (χ1) is 4.35. The maximum Gasteiger partial charge on any atom is 0.0468 e. The van der Waals surface area contributed by atoms with Crippen LogP contribution >= 0.6 is 0 Å². The number of hydrogen-bond acceptors (Lipinski definition) is 2. The average Bonchev–Trinajstić information content (AvgIpc) is 1.88. The molecule has 0 rings (SSSR count). The maximum atomic E-state index is 8.47. The van der Waals surface area contributed by atoms with Crippen molar-refractivity contribution in [1.29, 1.82) is 0 Å². The van der Waals surface area contributed by atoms with Crippen molar-refractivity contribution in [2.75, 3.05) is 13.2 Å². The van der Waals surface area contributed by atoms with Gasteiger partial charge in [0.1, 0.15) is 0 Å². The molecular formula is C7H14O2Y. The van der Waals surface area contributed by atoms with Crippen LogP contribution in [0.4, 0.5) is 0 Å². The summed E-state index contributed by atoms with van der Waals surface area (Å²) in [4.78, 5) is 0. The Morgan fingerprint density at radius 2 is 1.60 bits per heavy atom. The number of aliphatic hydroxyl groups excluding tert-OH is 2. The molecule has 0 saturated carbocycles. The summed E-state index contributed by atoms with van der Waals surface area (Å²) in [6.07, 6.45) is 3.32. The molecule has 0 amide bonds. The third kappa shape index (κ3) is 6.88. The van der Waals surface area contributed by atoms with E-state index in [1.807, 2.05) is 13.0 Å². The summed E-state index contributed by atoms with van der Waals surface area (Å²) in [7, 11) is 0. The van der Waals surface area contributed by atoms with Gasteiger partial charge in [-0.05, 0) is 19.8 Å². The van der Waals surface area contributed by atoms with Crippen molar-refractivity contribution in [3.63, 3.8) is 0 Å².